The fraction of sp³-hybridized carbons (Fsp3) is 0.250. The highest BCUT2D eigenvalue weighted by Crippen LogP contribution is 2.34. The first-order chi connectivity index (χ1) is 8.33. The average Bonchev–Trinajstić information content (AvgIpc) is 2.30. The van der Waals surface area contributed by atoms with Gasteiger partial charge in [-0.15, -0.1) is 5.10 Å². The molecule has 3 rings (SSSR count). The molecule has 0 fully saturated rings. The molecule has 0 bridgehead atoms. The standard InChI is InChI=1S/C12H11ClN4/c13-12-16-11(7-15-17-12)14-6-9-5-8-3-1-2-4-10(8)9/h1-4,7,9H,5-6H2,(H,14,16,17). The van der Waals surface area contributed by atoms with Crippen molar-refractivity contribution in [1.82, 2.24) is 15.2 Å². The Labute approximate surface area is 104 Å². The summed E-state index contributed by atoms with van der Waals surface area (Å²) in [5.41, 5.74) is 2.87. The Morgan fingerprint density at radius 3 is 3.06 bits per heavy atom. The second-order valence-electron chi connectivity index (χ2n) is 4.09. The van der Waals surface area contributed by atoms with Crippen molar-refractivity contribution in [3.05, 3.63) is 46.9 Å². The number of anilines is 1. The molecule has 0 spiro atoms. The van der Waals surface area contributed by atoms with Gasteiger partial charge < -0.3 is 5.32 Å². The lowest BCUT2D eigenvalue weighted by Crippen LogP contribution is -2.24. The Morgan fingerprint density at radius 1 is 1.35 bits per heavy atom. The van der Waals surface area contributed by atoms with E-state index in [0.29, 0.717) is 11.7 Å². The van der Waals surface area contributed by atoms with Crippen LogP contribution in [0.25, 0.3) is 0 Å². The topological polar surface area (TPSA) is 50.7 Å². The number of hydrogen-bond acceptors (Lipinski definition) is 4. The van der Waals surface area contributed by atoms with Crippen molar-refractivity contribution in [3.63, 3.8) is 0 Å². The van der Waals surface area contributed by atoms with Crippen LogP contribution in [0.15, 0.2) is 30.5 Å². The number of nitrogens with one attached hydrogen (secondary N) is 1. The van der Waals surface area contributed by atoms with Crippen LogP contribution in [0, 0.1) is 0 Å². The molecule has 17 heavy (non-hydrogen) atoms. The quantitative estimate of drug-likeness (QED) is 0.903. The van der Waals surface area contributed by atoms with Gasteiger partial charge in [0.2, 0.25) is 5.28 Å². The number of rotatable bonds is 3. The van der Waals surface area contributed by atoms with Gasteiger partial charge in [-0.3, -0.25) is 0 Å². The van der Waals surface area contributed by atoms with Gasteiger partial charge in [-0.05, 0) is 29.1 Å². The van der Waals surface area contributed by atoms with Gasteiger partial charge in [0.25, 0.3) is 0 Å². The maximum atomic E-state index is 5.66. The van der Waals surface area contributed by atoms with Crippen molar-refractivity contribution >= 4 is 17.4 Å². The fourth-order valence-electron chi connectivity index (χ4n) is 2.14. The molecule has 1 atom stereocenters. The molecule has 1 N–H and O–H groups in total. The molecule has 1 aliphatic rings. The summed E-state index contributed by atoms with van der Waals surface area (Å²) >= 11 is 5.66. The first-order valence-electron chi connectivity index (χ1n) is 5.50. The number of fused-ring (bicyclic) bond motifs is 1. The number of hydrogen-bond donors (Lipinski definition) is 1. The largest absolute Gasteiger partial charge is 0.368 e. The summed E-state index contributed by atoms with van der Waals surface area (Å²) < 4.78 is 0. The summed E-state index contributed by atoms with van der Waals surface area (Å²) in [6.07, 6.45) is 2.70. The van der Waals surface area contributed by atoms with Gasteiger partial charge in [-0.2, -0.15) is 10.1 Å². The zero-order valence-corrected chi connectivity index (χ0v) is 9.85. The number of benzene rings is 1. The normalized spacial score (nSPS) is 17.1. The Bertz CT molecular complexity index is 544. The summed E-state index contributed by atoms with van der Waals surface area (Å²) in [5.74, 6) is 1.23. The van der Waals surface area contributed by atoms with Crippen molar-refractivity contribution in [1.29, 1.82) is 0 Å². The molecular formula is C12H11ClN4. The summed E-state index contributed by atoms with van der Waals surface area (Å²) in [6, 6.07) is 8.51. The van der Waals surface area contributed by atoms with E-state index in [1.165, 1.54) is 11.1 Å². The van der Waals surface area contributed by atoms with Crippen LogP contribution in [-0.4, -0.2) is 21.7 Å². The summed E-state index contributed by atoms with van der Waals surface area (Å²) in [7, 11) is 0. The highest BCUT2D eigenvalue weighted by atomic mass is 35.5. The second kappa shape index (κ2) is 4.30. The Morgan fingerprint density at radius 2 is 2.24 bits per heavy atom. The van der Waals surface area contributed by atoms with Gasteiger partial charge in [0.05, 0.1) is 6.20 Å². The molecule has 1 unspecified atom stereocenters. The third-order valence-electron chi connectivity index (χ3n) is 3.02. The fourth-order valence-corrected chi connectivity index (χ4v) is 2.27. The van der Waals surface area contributed by atoms with E-state index in [-0.39, 0.29) is 5.28 Å². The van der Waals surface area contributed by atoms with Crippen molar-refractivity contribution in [2.24, 2.45) is 0 Å². The molecule has 0 radical (unpaired) electrons. The molecule has 5 heteroatoms. The molecule has 0 saturated carbocycles. The maximum Gasteiger partial charge on any atom is 0.244 e. The minimum Gasteiger partial charge on any atom is -0.368 e. The van der Waals surface area contributed by atoms with Crippen LogP contribution >= 0.6 is 11.6 Å². The highest BCUT2D eigenvalue weighted by molar-refractivity contribution is 6.28. The molecule has 1 aromatic carbocycles. The third-order valence-corrected chi connectivity index (χ3v) is 3.18. The van der Waals surface area contributed by atoms with Crippen LogP contribution in [0.1, 0.15) is 17.0 Å². The van der Waals surface area contributed by atoms with Gasteiger partial charge >= 0.3 is 0 Å². The van der Waals surface area contributed by atoms with E-state index in [4.69, 9.17) is 11.6 Å². The SMILES string of the molecule is Clc1nncc(NCC2Cc3ccccc32)n1. The lowest BCUT2D eigenvalue weighted by Gasteiger charge is -2.30. The van der Waals surface area contributed by atoms with Gasteiger partial charge in [0, 0.05) is 12.5 Å². The van der Waals surface area contributed by atoms with Crippen molar-refractivity contribution in [2.75, 3.05) is 11.9 Å². The number of nitrogens with zero attached hydrogens (tertiary/aromatic N) is 3. The van der Waals surface area contributed by atoms with Crippen LogP contribution < -0.4 is 5.32 Å². The van der Waals surface area contributed by atoms with Gasteiger partial charge in [0.15, 0.2) is 0 Å². The van der Waals surface area contributed by atoms with Crippen LogP contribution in [0.3, 0.4) is 0 Å². The maximum absolute atomic E-state index is 5.66. The molecule has 1 aromatic heterocycles. The predicted molar refractivity (Wildman–Crippen MR) is 66.2 cm³/mol. The minimum atomic E-state index is 0.170. The molecule has 4 nitrogen and oxygen atoms in total. The van der Waals surface area contributed by atoms with Gasteiger partial charge in [-0.1, -0.05) is 24.3 Å². The molecule has 0 aliphatic heterocycles. The molecule has 1 aliphatic carbocycles. The van der Waals surface area contributed by atoms with E-state index < -0.39 is 0 Å². The van der Waals surface area contributed by atoms with E-state index in [1.807, 2.05) is 0 Å². The molecule has 2 aromatic rings. The van der Waals surface area contributed by atoms with E-state index in [1.54, 1.807) is 6.20 Å². The molecule has 0 saturated heterocycles. The zero-order chi connectivity index (χ0) is 11.7. The van der Waals surface area contributed by atoms with E-state index in [2.05, 4.69) is 44.8 Å². The van der Waals surface area contributed by atoms with Crippen molar-refractivity contribution in [2.45, 2.75) is 12.3 Å². The summed E-state index contributed by atoms with van der Waals surface area (Å²) in [4.78, 5) is 4.04. The predicted octanol–water partition coefficient (Wildman–Crippen LogP) is 2.28. The first-order valence-corrected chi connectivity index (χ1v) is 5.87. The van der Waals surface area contributed by atoms with Crippen LogP contribution in [0.5, 0.6) is 0 Å². The van der Waals surface area contributed by atoms with E-state index in [9.17, 15) is 0 Å². The summed E-state index contributed by atoms with van der Waals surface area (Å²) in [5, 5.41) is 10.7. The minimum absolute atomic E-state index is 0.170. The number of aromatic nitrogens is 3. The Hall–Kier alpha value is -1.68. The molecular weight excluding hydrogens is 236 g/mol. The monoisotopic (exact) mass is 246 g/mol. The molecule has 0 amide bonds. The van der Waals surface area contributed by atoms with Crippen LogP contribution in [-0.2, 0) is 6.42 Å². The van der Waals surface area contributed by atoms with E-state index in [0.717, 1.165) is 13.0 Å². The Balaban J connectivity index is 1.64. The molecule has 86 valence electrons. The summed E-state index contributed by atoms with van der Waals surface area (Å²) in [6.45, 7) is 0.853. The zero-order valence-electron chi connectivity index (χ0n) is 9.10. The third kappa shape index (κ3) is 2.08. The van der Waals surface area contributed by atoms with Gasteiger partial charge in [0.1, 0.15) is 5.82 Å². The lowest BCUT2D eigenvalue weighted by molar-refractivity contribution is 0.634. The van der Waals surface area contributed by atoms with Crippen LogP contribution in [0.2, 0.25) is 5.28 Å². The smallest absolute Gasteiger partial charge is 0.244 e. The van der Waals surface area contributed by atoms with Gasteiger partial charge in [-0.25, -0.2) is 0 Å². The van der Waals surface area contributed by atoms with Crippen molar-refractivity contribution < 1.29 is 0 Å². The lowest BCUT2D eigenvalue weighted by atomic mass is 9.78. The highest BCUT2D eigenvalue weighted by Gasteiger charge is 2.24. The average molecular weight is 247 g/mol. The second-order valence-corrected chi connectivity index (χ2v) is 4.43. The molecule has 1 heterocycles. The van der Waals surface area contributed by atoms with Crippen molar-refractivity contribution in [3.8, 4) is 0 Å². The number of halogens is 1. The van der Waals surface area contributed by atoms with Crippen LogP contribution in [0.4, 0.5) is 5.82 Å². The van der Waals surface area contributed by atoms with E-state index >= 15 is 0 Å². The Kier molecular flexibility index (Phi) is 2.65. The first kappa shape index (κ1) is 10.5.